The largest absolute Gasteiger partial charge is 0.391 e. The van der Waals surface area contributed by atoms with Gasteiger partial charge in [0.05, 0.1) is 23.6 Å². The summed E-state index contributed by atoms with van der Waals surface area (Å²) in [6.07, 6.45) is 5.47. The predicted molar refractivity (Wildman–Crippen MR) is 133 cm³/mol. The first kappa shape index (κ1) is 23.7. The smallest absolute Gasteiger partial charge is 0.241 e. The summed E-state index contributed by atoms with van der Waals surface area (Å²) in [4.78, 5) is 19.2. The Kier molecular flexibility index (Phi) is 6.44. The van der Waals surface area contributed by atoms with Crippen LogP contribution < -0.4 is 9.62 Å². The molecule has 1 saturated carbocycles. The summed E-state index contributed by atoms with van der Waals surface area (Å²) in [5, 5.41) is 10.8. The fraction of sp³-hybridized carbons (Fsp3) is 0.333. The summed E-state index contributed by atoms with van der Waals surface area (Å²) in [5.41, 5.74) is 4.22. The number of benzene rings is 2. The van der Waals surface area contributed by atoms with E-state index in [1.807, 2.05) is 37.3 Å². The van der Waals surface area contributed by atoms with Crippen LogP contribution in [-0.4, -0.2) is 30.5 Å². The van der Waals surface area contributed by atoms with Gasteiger partial charge >= 0.3 is 0 Å². The number of aliphatic hydroxyl groups is 1. The molecule has 0 aliphatic heterocycles. The van der Waals surface area contributed by atoms with E-state index in [0.717, 1.165) is 36.0 Å². The van der Waals surface area contributed by atoms with Gasteiger partial charge in [-0.1, -0.05) is 31.2 Å². The van der Waals surface area contributed by atoms with E-state index in [-0.39, 0.29) is 16.7 Å². The molecular formula is C27H29N3O4S. The number of aliphatic hydroxyl groups excluding tert-OH is 1. The lowest BCUT2D eigenvalue weighted by molar-refractivity contribution is -0.119. The first-order valence-electron chi connectivity index (χ1n) is 12.0. The Morgan fingerprint density at radius 3 is 2.54 bits per heavy atom. The highest BCUT2D eigenvalue weighted by molar-refractivity contribution is 7.89. The van der Waals surface area contributed by atoms with E-state index >= 15 is 0 Å². The van der Waals surface area contributed by atoms with E-state index in [1.165, 1.54) is 0 Å². The maximum absolute atomic E-state index is 13.2. The third-order valence-electron chi connectivity index (χ3n) is 6.77. The number of aryl methyl sites for hydroxylation is 1. The first-order valence-corrected chi connectivity index (χ1v) is 13.5. The molecule has 1 fully saturated rings. The van der Waals surface area contributed by atoms with Gasteiger partial charge in [-0.2, -0.15) is 0 Å². The van der Waals surface area contributed by atoms with E-state index in [0.29, 0.717) is 24.2 Å². The van der Waals surface area contributed by atoms with Crippen molar-refractivity contribution in [2.24, 2.45) is 5.92 Å². The predicted octanol–water partition coefficient (Wildman–Crippen LogP) is 3.52. The van der Waals surface area contributed by atoms with E-state index in [4.69, 9.17) is 0 Å². The zero-order valence-electron chi connectivity index (χ0n) is 19.6. The zero-order chi connectivity index (χ0) is 24.6. The van der Waals surface area contributed by atoms with Crippen molar-refractivity contribution in [2.45, 2.75) is 56.2 Å². The summed E-state index contributed by atoms with van der Waals surface area (Å²) in [6, 6.07) is 15.3. The van der Waals surface area contributed by atoms with Gasteiger partial charge in [0.1, 0.15) is 0 Å². The number of nitrogens with zero attached hydrogens (tertiary/aromatic N) is 2. The number of sulfonamides is 1. The molecule has 0 bridgehead atoms. The highest BCUT2D eigenvalue weighted by Gasteiger charge is 2.37. The van der Waals surface area contributed by atoms with Crippen LogP contribution in [0.25, 0.3) is 0 Å². The van der Waals surface area contributed by atoms with Crippen LogP contribution in [0.3, 0.4) is 0 Å². The van der Waals surface area contributed by atoms with Crippen LogP contribution in [0.15, 0.2) is 71.9 Å². The number of pyridine rings is 1. The Morgan fingerprint density at radius 2 is 1.89 bits per heavy atom. The van der Waals surface area contributed by atoms with Gasteiger partial charge in [0.15, 0.2) is 0 Å². The number of hydrogen-bond acceptors (Lipinski definition) is 5. The van der Waals surface area contributed by atoms with Gasteiger partial charge in [0.2, 0.25) is 15.9 Å². The van der Waals surface area contributed by atoms with Gasteiger partial charge in [-0.25, -0.2) is 13.1 Å². The van der Waals surface area contributed by atoms with Crippen molar-refractivity contribution in [2.75, 3.05) is 4.90 Å². The lowest BCUT2D eigenvalue weighted by Gasteiger charge is -2.25. The number of fused-ring (bicyclic) bond motifs is 1. The lowest BCUT2D eigenvalue weighted by atomic mass is 10.1. The van der Waals surface area contributed by atoms with Crippen LogP contribution in [0.5, 0.6) is 0 Å². The molecule has 2 aromatic carbocycles. The molecule has 2 atom stereocenters. The fourth-order valence-electron chi connectivity index (χ4n) is 4.58. The molecule has 2 aliphatic carbocycles. The summed E-state index contributed by atoms with van der Waals surface area (Å²) in [6.45, 7) is 2.39. The monoisotopic (exact) mass is 491 g/mol. The third kappa shape index (κ3) is 5.00. The molecule has 7 nitrogen and oxygen atoms in total. The van der Waals surface area contributed by atoms with Crippen molar-refractivity contribution < 1.29 is 18.3 Å². The number of nitrogens with one attached hydrogen (secondary N) is 1. The maximum Gasteiger partial charge on any atom is 0.241 e. The van der Waals surface area contributed by atoms with Crippen LogP contribution in [0.1, 0.15) is 48.1 Å². The minimum atomic E-state index is -3.84. The van der Waals surface area contributed by atoms with Crippen LogP contribution in [0.2, 0.25) is 0 Å². The minimum Gasteiger partial charge on any atom is -0.391 e. The zero-order valence-corrected chi connectivity index (χ0v) is 20.4. The van der Waals surface area contributed by atoms with Gasteiger partial charge in [0.25, 0.3) is 0 Å². The Bertz CT molecular complexity index is 1320. The molecule has 3 aromatic rings. The molecule has 2 unspecified atom stereocenters. The highest BCUT2D eigenvalue weighted by atomic mass is 32.2. The molecule has 2 N–H and O–H groups in total. The number of anilines is 1. The summed E-state index contributed by atoms with van der Waals surface area (Å²) in [5.74, 6) is 0.0754. The van der Waals surface area contributed by atoms with Crippen molar-refractivity contribution in [3.63, 3.8) is 0 Å². The normalized spacial score (nSPS) is 19.4. The van der Waals surface area contributed by atoms with Gasteiger partial charge in [0, 0.05) is 30.4 Å². The Hall–Kier alpha value is -3.07. The maximum atomic E-state index is 13.2. The lowest BCUT2D eigenvalue weighted by Crippen LogP contribution is -2.34. The standard InChI is InChI=1S/C27H29N3O4S/c1-2-18-5-11-23(12-6-18)35(33,34)29-26-24-15-22(10-9-21(24)14-25(26)31)30(27(32)20-7-8-20)17-19-4-3-13-28-16-19/h3-6,9-13,15-16,20,25-26,29,31H,2,7-8,14,17H2,1H3. The minimum absolute atomic E-state index is 0.0194. The fourth-order valence-corrected chi connectivity index (χ4v) is 5.83. The van der Waals surface area contributed by atoms with E-state index in [1.54, 1.807) is 41.6 Å². The molecule has 35 heavy (non-hydrogen) atoms. The first-order chi connectivity index (χ1) is 16.9. The molecule has 5 rings (SSSR count). The summed E-state index contributed by atoms with van der Waals surface area (Å²) in [7, 11) is -3.84. The van der Waals surface area contributed by atoms with Gasteiger partial charge in [-0.15, -0.1) is 0 Å². The van der Waals surface area contributed by atoms with Crippen LogP contribution in [-0.2, 0) is 34.2 Å². The van der Waals surface area contributed by atoms with Crippen molar-refractivity contribution in [3.05, 3.63) is 89.2 Å². The molecule has 0 radical (unpaired) electrons. The van der Waals surface area contributed by atoms with Crippen LogP contribution >= 0.6 is 0 Å². The topological polar surface area (TPSA) is 99.6 Å². The third-order valence-corrected chi connectivity index (χ3v) is 8.23. The highest BCUT2D eigenvalue weighted by Crippen LogP contribution is 2.38. The number of hydrogen-bond donors (Lipinski definition) is 2. The molecule has 8 heteroatoms. The Morgan fingerprint density at radius 1 is 1.11 bits per heavy atom. The Labute approximate surface area is 205 Å². The molecule has 1 heterocycles. The van der Waals surface area contributed by atoms with Gasteiger partial charge in [-0.3, -0.25) is 9.78 Å². The number of rotatable bonds is 8. The number of carbonyl (C=O) groups is 1. The van der Waals surface area contributed by atoms with Crippen LogP contribution in [0.4, 0.5) is 5.69 Å². The Balaban J connectivity index is 1.45. The molecule has 0 saturated heterocycles. The summed E-state index contributed by atoms with van der Waals surface area (Å²) >= 11 is 0. The summed E-state index contributed by atoms with van der Waals surface area (Å²) < 4.78 is 28.9. The average molecular weight is 492 g/mol. The van der Waals surface area contributed by atoms with Crippen molar-refractivity contribution >= 4 is 21.6 Å². The molecule has 0 spiro atoms. The van der Waals surface area contributed by atoms with Gasteiger partial charge < -0.3 is 10.0 Å². The van der Waals surface area contributed by atoms with Crippen LogP contribution in [0, 0.1) is 5.92 Å². The molecule has 1 amide bonds. The molecular weight excluding hydrogens is 462 g/mol. The van der Waals surface area contributed by atoms with E-state index < -0.39 is 22.2 Å². The number of amides is 1. The SMILES string of the molecule is CCc1ccc(S(=O)(=O)NC2c3cc(N(Cc4cccnc4)C(=O)C4CC4)ccc3CC2O)cc1. The quantitative estimate of drug-likeness (QED) is 0.502. The van der Waals surface area contributed by atoms with Crippen molar-refractivity contribution in [1.29, 1.82) is 0 Å². The van der Waals surface area contributed by atoms with E-state index in [9.17, 15) is 18.3 Å². The van der Waals surface area contributed by atoms with Crippen molar-refractivity contribution in [3.8, 4) is 0 Å². The molecule has 182 valence electrons. The number of aromatic nitrogens is 1. The second-order valence-electron chi connectivity index (χ2n) is 9.31. The second-order valence-corrected chi connectivity index (χ2v) is 11.0. The number of carbonyl (C=O) groups excluding carboxylic acids is 1. The van der Waals surface area contributed by atoms with Gasteiger partial charge in [-0.05, 0) is 71.8 Å². The average Bonchev–Trinajstić information content (AvgIpc) is 3.68. The molecule has 1 aromatic heterocycles. The van der Waals surface area contributed by atoms with E-state index in [2.05, 4.69) is 9.71 Å². The second kappa shape index (κ2) is 9.53. The molecule has 2 aliphatic rings. The van der Waals surface area contributed by atoms with Crippen molar-refractivity contribution in [1.82, 2.24) is 9.71 Å².